The third kappa shape index (κ3) is 2.27. The number of ketones is 1. The quantitative estimate of drug-likeness (QED) is 0.840. The Morgan fingerprint density at radius 1 is 1.11 bits per heavy atom. The van der Waals surface area contributed by atoms with Crippen LogP contribution in [0.1, 0.15) is 36.8 Å². The number of hydrogen-bond donors (Lipinski definition) is 1. The minimum atomic E-state index is -4.36. The van der Waals surface area contributed by atoms with Crippen LogP contribution in [0.25, 0.3) is 0 Å². The molecule has 2 rings (SSSR count). The molecular formula is C13H14F3NO. The Hall–Kier alpha value is -1.36. The summed E-state index contributed by atoms with van der Waals surface area (Å²) < 4.78 is 37.3. The van der Waals surface area contributed by atoms with Crippen LogP contribution in [-0.4, -0.2) is 5.78 Å². The van der Waals surface area contributed by atoms with Crippen molar-refractivity contribution in [1.82, 2.24) is 0 Å². The first kappa shape index (κ1) is 13.1. The molecule has 1 aromatic carbocycles. The smallest absolute Gasteiger partial charge is 0.315 e. The molecule has 0 saturated heterocycles. The molecule has 1 fully saturated rings. The fourth-order valence-corrected chi connectivity index (χ4v) is 2.31. The van der Waals surface area contributed by atoms with E-state index < -0.39 is 17.3 Å². The third-order valence-electron chi connectivity index (χ3n) is 3.45. The normalized spacial score (nSPS) is 25.2. The van der Waals surface area contributed by atoms with Crippen molar-refractivity contribution in [3.63, 3.8) is 0 Å². The van der Waals surface area contributed by atoms with E-state index in [2.05, 4.69) is 0 Å². The Balaban J connectivity index is 2.31. The molecule has 1 aliphatic carbocycles. The topological polar surface area (TPSA) is 43.1 Å². The molecule has 98 valence electrons. The number of Topliss-reactive ketones (excluding diaryl/α,β-unsaturated/α-hetero) is 1. The first-order valence-corrected chi connectivity index (χ1v) is 5.84. The van der Waals surface area contributed by atoms with Gasteiger partial charge in [0.2, 0.25) is 0 Å². The number of benzene rings is 1. The first-order valence-electron chi connectivity index (χ1n) is 5.84. The highest BCUT2D eigenvalue weighted by Crippen LogP contribution is 2.34. The van der Waals surface area contributed by atoms with Gasteiger partial charge in [0.1, 0.15) is 5.54 Å². The van der Waals surface area contributed by atoms with Crippen LogP contribution < -0.4 is 5.73 Å². The van der Waals surface area contributed by atoms with E-state index in [4.69, 9.17) is 5.73 Å². The molecule has 1 atom stereocenters. The maximum atomic E-state index is 12.4. The number of rotatable bonds is 1. The predicted molar refractivity (Wildman–Crippen MR) is 60.8 cm³/mol. The lowest BCUT2D eigenvalue weighted by molar-refractivity contribution is -0.137. The second-order valence-corrected chi connectivity index (χ2v) is 4.68. The number of nitrogens with two attached hydrogens (primary N) is 1. The highest BCUT2D eigenvalue weighted by molar-refractivity contribution is 5.90. The Kier molecular flexibility index (Phi) is 3.19. The average molecular weight is 257 g/mol. The Bertz CT molecular complexity index is 452. The fourth-order valence-electron chi connectivity index (χ4n) is 2.31. The molecule has 0 radical (unpaired) electrons. The highest BCUT2D eigenvalue weighted by Gasteiger charge is 2.38. The van der Waals surface area contributed by atoms with Gasteiger partial charge in [0.25, 0.3) is 0 Å². The molecule has 0 amide bonds. The molecule has 1 saturated carbocycles. The fraction of sp³-hybridized carbons (Fsp3) is 0.462. The van der Waals surface area contributed by atoms with Gasteiger partial charge in [0, 0.05) is 6.42 Å². The number of carbonyl (C=O) groups excluding carboxylic acids is 1. The van der Waals surface area contributed by atoms with Gasteiger partial charge in [-0.3, -0.25) is 4.79 Å². The predicted octanol–water partition coefficient (Wildman–Crippen LogP) is 3.00. The molecule has 2 N–H and O–H groups in total. The lowest BCUT2D eigenvalue weighted by atomic mass is 9.76. The summed E-state index contributed by atoms with van der Waals surface area (Å²) in [5.41, 5.74) is 4.69. The van der Waals surface area contributed by atoms with E-state index >= 15 is 0 Å². The van der Waals surface area contributed by atoms with Crippen molar-refractivity contribution in [2.45, 2.75) is 37.4 Å². The number of halogens is 3. The summed E-state index contributed by atoms with van der Waals surface area (Å²) in [5.74, 6) is -0.0893. The van der Waals surface area contributed by atoms with Crippen LogP contribution in [0.4, 0.5) is 13.2 Å². The Morgan fingerprint density at radius 3 is 2.22 bits per heavy atom. The Labute approximate surface area is 103 Å². The van der Waals surface area contributed by atoms with Crippen molar-refractivity contribution in [2.24, 2.45) is 5.73 Å². The molecule has 5 heteroatoms. The molecule has 0 spiro atoms. The summed E-state index contributed by atoms with van der Waals surface area (Å²) in [4.78, 5) is 11.9. The van der Waals surface area contributed by atoms with Crippen LogP contribution in [0.5, 0.6) is 0 Å². The number of alkyl halides is 3. The third-order valence-corrected chi connectivity index (χ3v) is 3.45. The van der Waals surface area contributed by atoms with Gasteiger partial charge in [-0.1, -0.05) is 18.6 Å². The van der Waals surface area contributed by atoms with Gasteiger partial charge < -0.3 is 5.73 Å². The SMILES string of the molecule is N[C@]1(c2ccc(C(F)(F)F)cc2)CCCCC1=O. The van der Waals surface area contributed by atoms with Gasteiger partial charge in [-0.25, -0.2) is 0 Å². The van der Waals surface area contributed by atoms with Crippen molar-refractivity contribution in [3.05, 3.63) is 35.4 Å². The minimum Gasteiger partial charge on any atom is -0.315 e. The van der Waals surface area contributed by atoms with Crippen LogP contribution in [0.2, 0.25) is 0 Å². The molecule has 1 aliphatic rings. The zero-order valence-corrected chi connectivity index (χ0v) is 9.76. The molecular weight excluding hydrogens is 243 g/mol. The van der Waals surface area contributed by atoms with E-state index in [1.807, 2.05) is 0 Å². The zero-order chi connectivity index (χ0) is 13.4. The van der Waals surface area contributed by atoms with E-state index in [1.54, 1.807) is 0 Å². The van der Waals surface area contributed by atoms with Gasteiger partial charge in [-0.05, 0) is 30.5 Å². The second-order valence-electron chi connectivity index (χ2n) is 4.68. The molecule has 0 aliphatic heterocycles. The first-order chi connectivity index (χ1) is 8.34. The van der Waals surface area contributed by atoms with Crippen LogP contribution >= 0.6 is 0 Å². The monoisotopic (exact) mass is 257 g/mol. The summed E-state index contributed by atoms with van der Waals surface area (Å²) in [6.07, 6.45) is -1.84. The number of carbonyl (C=O) groups is 1. The highest BCUT2D eigenvalue weighted by atomic mass is 19.4. The summed E-state index contributed by atoms with van der Waals surface area (Å²) in [5, 5.41) is 0. The van der Waals surface area contributed by atoms with Crippen molar-refractivity contribution < 1.29 is 18.0 Å². The zero-order valence-electron chi connectivity index (χ0n) is 9.76. The maximum absolute atomic E-state index is 12.4. The molecule has 0 unspecified atom stereocenters. The van der Waals surface area contributed by atoms with E-state index in [0.29, 0.717) is 18.4 Å². The van der Waals surface area contributed by atoms with Crippen LogP contribution in [0, 0.1) is 0 Å². The molecule has 0 bridgehead atoms. The molecule has 2 nitrogen and oxygen atoms in total. The van der Waals surface area contributed by atoms with E-state index in [0.717, 1.165) is 25.0 Å². The number of hydrogen-bond acceptors (Lipinski definition) is 2. The Morgan fingerprint density at radius 2 is 1.72 bits per heavy atom. The van der Waals surface area contributed by atoms with Crippen LogP contribution in [0.15, 0.2) is 24.3 Å². The van der Waals surface area contributed by atoms with Gasteiger partial charge in [-0.15, -0.1) is 0 Å². The van der Waals surface area contributed by atoms with E-state index in [9.17, 15) is 18.0 Å². The lowest BCUT2D eigenvalue weighted by Crippen LogP contribution is -2.46. The lowest BCUT2D eigenvalue weighted by Gasteiger charge is -2.32. The molecule has 18 heavy (non-hydrogen) atoms. The summed E-state index contributed by atoms with van der Waals surface area (Å²) in [6.45, 7) is 0. The maximum Gasteiger partial charge on any atom is 0.416 e. The minimum absolute atomic E-state index is 0.0893. The summed E-state index contributed by atoms with van der Waals surface area (Å²) in [6, 6.07) is 4.58. The molecule has 1 aromatic rings. The van der Waals surface area contributed by atoms with Crippen LogP contribution in [-0.2, 0) is 16.5 Å². The summed E-state index contributed by atoms with van der Waals surface area (Å²) in [7, 11) is 0. The van der Waals surface area contributed by atoms with E-state index in [1.165, 1.54) is 12.1 Å². The van der Waals surface area contributed by atoms with Gasteiger partial charge >= 0.3 is 6.18 Å². The van der Waals surface area contributed by atoms with E-state index in [-0.39, 0.29) is 5.78 Å². The average Bonchev–Trinajstić information content (AvgIpc) is 2.32. The van der Waals surface area contributed by atoms with Gasteiger partial charge in [-0.2, -0.15) is 13.2 Å². The summed E-state index contributed by atoms with van der Waals surface area (Å²) >= 11 is 0. The standard InChI is InChI=1S/C13H14F3NO/c14-13(15,16)10-6-4-9(5-7-10)12(17)8-2-1-3-11(12)18/h4-7H,1-3,8,17H2/t12-/m0/s1. The van der Waals surface area contributed by atoms with Crippen molar-refractivity contribution >= 4 is 5.78 Å². The van der Waals surface area contributed by atoms with Gasteiger partial charge in [0.15, 0.2) is 5.78 Å². The second kappa shape index (κ2) is 4.39. The van der Waals surface area contributed by atoms with Crippen molar-refractivity contribution in [1.29, 1.82) is 0 Å². The molecule has 0 aromatic heterocycles. The van der Waals surface area contributed by atoms with Crippen molar-refractivity contribution in [3.8, 4) is 0 Å². The van der Waals surface area contributed by atoms with Crippen molar-refractivity contribution in [2.75, 3.05) is 0 Å². The van der Waals surface area contributed by atoms with Crippen LogP contribution in [0.3, 0.4) is 0 Å². The molecule has 0 heterocycles. The largest absolute Gasteiger partial charge is 0.416 e. The van der Waals surface area contributed by atoms with Gasteiger partial charge in [0.05, 0.1) is 5.56 Å².